The second-order valence-corrected chi connectivity index (χ2v) is 6.95. The van der Waals surface area contributed by atoms with Crippen LogP contribution in [-0.2, 0) is 9.53 Å². The predicted octanol–water partition coefficient (Wildman–Crippen LogP) is 4.77. The molecule has 1 aliphatic rings. The van der Waals surface area contributed by atoms with Gasteiger partial charge in [0.15, 0.2) is 0 Å². The summed E-state index contributed by atoms with van der Waals surface area (Å²) in [6.07, 6.45) is 3.88. The van der Waals surface area contributed by atoms with Gasteiger partial charge in [-0.15, -0.1) is 0 Å². The maximum Gasteiger partial charge on any atom is 0.340 e. The third-order valence-corrected chi connectivity index (χ3v) is 4.76. The molecule has 1 saturated carbocycles. The van der Waals surface area contributed by atoms with Gasteiger partial charge >= 0.3 is 5.97 Å². The van der Waals surface area contributed by atoms with Gasteiger partial charge in [-0.25, -0.2) is 4.79 Å². The first-order valence-electron chi connectivity index (χ1n) is 9.59. The van der Waals surface area contributed by atoms with Crippen molar-refractivity contribution in [2.45, 2.75) is 66.3 Å². The van der Waals surface area contributed by atoms with E-state index in [1.54, 1.807) is 11.0 Å². The number of amides is 1. The molecule has 2 rings (SSSR count). The van der Waals surface area contributed by atoms with Crippen LogP contribution in [0.3, 0.4) is 0 Å². The van der Waals surface area contributed by atoms with Gasteiger partial charge in [-0.1, -0.05) is 20.8 Å². The number of rotatable bonds is 4. The van der Waals surface area contributed by atoms with Crippen molar-refractivity contribution in [3.63, 3.8) is 0 Å². The highest BCUT2D eigenvalue weighted by atomic mass is 16.5. The fraction of sp³-hybridized carbons (Fsp3) is 0.619. The largest absolute Gasteiger partial charge is 0.508 e. The summed E-state index contributed by atoms with van der Waals surface area (Å²) in [5.41, 5.74) is 0.710. The summed E-state index contributed by atoms with van der Waals surface area (Å²) in [4.78, 5) is 26.9. The molecule has 0 saturated heterocycles. The van der Waals surface area contributed by atoms with Crippen LogP contribution in [0.4, 0.5) is 5.69 Å². The number of benzene rings is 1. The minimum absolute atomic E-state index is 0.0112. The molecule has 0 aromatic heterocycles. The minimum atomic E-state index is -0.559. The summed E-state index contributed by atoms with van der Waals surface area (Å²) in [5, 5.41) is 9.71. The second-order valence-electron chi connectivity index (χ2n) is 6.95. The summed E-state index contributed by atoms with van der Waals surface area (Å²) in [7, 11) is 1.29. The molecule has 146 valence electrons. The number of anilines is 1. The van der Waals surface area contributed by atoms with Crippen molar-refractivity contribution in [2.24, 2.45) is 11.8 Å². The number of nitrogens with zero attached hydrogens (tertiary/aromatic N) is 1. The van der Waals surface area contributed by atoms with Crippen molar-refractivity contribution in [2.75, 3.05) is 12.0 Å². The van der Waals surface area contributed by atoms with E-state index in [0.717, 1.165) is 25.7 Å². The number of methoxy groups -OCH3 is 1. The Morgan fingerprint density at radius 2 is 1.73 bits per heavy atom. The molecule has 1 amide bonds. The van der Waals surface area contributed by atoms with E-state index < -0.39 is 5.97 Å². The van der Waals surface area contributed by atoms with Gasteiger partial charge in [-0.2, -0.15) is 0 Å². The zero-order valence-electron chi connectivity index (χ0n) is 16.9. The fourth-order valence-corrected chi connectivity index (χ4v) is 3.36. The summed E-state index contributed by atoms with van der Waals surface area (Å²) in [6.45, 7) is 10.1. The SMILES string of the molecule is CC.COC(=O)c1cc(O)ccc1N(C(=O)C1CCC(C)CC1)C(C)C. The summed E-state index contributed by atoms with van der Waals surface area (Å²) >= 11 is 0. The average molecular weight is 363 g/mol. The lowest BCUT2D eigenvalue weighted by atomic mass is 9.82. The van der Waals surface area contributed by atoms with Gasteiger partial charge in [0.2, 0.25) is 5.91 Å². The van der Waals surface area contributed by atoms with Gasteiger partial charge in [0.05, 0.1) is 18.4 Å². The third-order valence-electron chi connectivity index (χ3n) is 4.76. The molecule has 1 fully saturated rings. The van der Waals surface area contributed by atoms with Crippen LogP contribution < -0.4 is 4.90 Å². The van der Waals surface area contributed by atoms with Crippen molar-refractivity contribution < 1.29 is 19.4 Å². The van der Waals surface area contributed by atoms with Crippen molar-refractivity contribution >= 4 is 17.6 Å². The number of carbonyl (C=O) groups excluding carboxylic acids is 2. The Balaban J connectivity index is 0.00000163. The second kappa shape index (κ2) is 10.2. The van der Waals surface area contributed by atoms with Crippen molar-refractivity contribution in [3.05, 3.63) is 23.8 Å². The Kier molecular flexibility index (Phi) is 8.62. The van der Waals surface area contributed by atoms with E-state index in [4.69, 9.17) is 4.74 Å². The van der Waals surface area contributed by atoms with E-state index in [9.17, 15) is 14.7 Å². The van der Waals surface area contributed by atoms with Crippen LogP contribution in [-0.4, -0.2) is 30.1 Å². The van der Waals surface area contributed by atoms with Crippen LogP contribution >= 0.6 is 0 Å². The molecule has 0 atom stereocenters. The number of phenolic OH excluding ortho intramolecular Hbond substituents is 1. The standard InChI is InChI=1S/C19H27NO4.C2H6/c1-12(2)20(18(22)14-7-5-13(3)6-8-14)17-10-9-15(21)11-16(17)19(23)24-4;1-2/h9-14,21H,5-8H2,1-4H3;1-2H3. The van der Waals surface area contributed by atoms with Gasteiger partial charge in [0.25, 0.3) is 0 Å². The fourth-order valence-electron chi connectivity index (χ4n) is 3.36. The Morgan fingerprint density at radius 1 is 1.15 bits per heavy atom. The molecule has 0 unspecified atom stereocenters. The molecule has 1 N–H and O–H groups in total. The highest BCUT2D eigenvalue weighted by Crippen LogP contribution is 2.34. The minimum Gasteiger partial charge on any atom is -0.508 e. The zero-order chi connectivity index (χ0) is 19.9. The molecule has 1 aromatic rings. The molecule has 1 aliphatic carbocycles. The van der Waals surface area contributed by atoms with E-state index in [1.807, 2.05) is 27.7 Å². The summed E-state index contributed by atoms with van der Waals surface area (Å²) < 4.78 is 4.81. The quantitative estimate of drug-likeness (QED) is 0.782. The van der Waals surface area contributed by atoms with Crippen LogP contribution in [0.5, 0.6) is 5.75 Å². The van der Waals surface area contributed by atoms with Crippen molar-refractivity contribution in [1.29, 1.82) is 0 Å². The molecule has 1 aromatic carbocycles. The molecular formula is C21H33NO4. The Labute approximate surface area is 157 Å². The van der Waals surface area contributed by atoms with Gasteiger partial charge < -0.3 is 14.7 Å². The summed E-state index contributed by atoms with van der Waals surface area (Å²) in [6, 6.07) is 4.37. The van der Waals surface area contributed by atoms with Gasteiger partial charge in [-0.05, 0) is 63.6 Å². The maximum absolute atomic E-state index is 13.1. The predicted molar refractivity (Wildman–Crippen MR) is 105 cm³/mol. The van der Waals surface area contributed by atoms with Gasteiger partial charge in [0.1, 0.15) is 5.75 Å². The van der Waals surface area contributed by atoms with Crippen LogP contribution in [0.15, 0.2) is 18.2 Å². The van der Waals surface area contributed by atoms with E-state index in [1.165, 1.54) is 19.2 Å². The Hall–Kier alpha value is -2.04. The molecular weight excluding hydrogens is 330 g/mol. The first-order valence-corrected chi connectivity index (χ1v) is 9.59. The van der Waals surface area contributed by atoms with Gasteiger partial charge in [-0.3, -0.25) is 4.79 Å². The number of carbonyl (C=O) groups is 2. The molecule has 5 heteroatoms. The highest BCUT2D eigenvalue weighted by molar-refractivity contribution is 6.03. The first kappa shape index (κ1) is 22.0. The molecule has 0 bridgehead atoms. The molecule has 0 heterocycles. The van der Waals surface area contributed by atoms with Crippen LogP contribution in [0.25, 0.3) is 0 Å². The monoisotopic (exact) mass is 363 g/mol. The number of ether oxygens (including phenoxy) is 1. The van der Waals surface area contributed by atoms with Crippen molar-refractivity contribution in [1.82, 2.24) is 0 Å². The highest BCUT2D eigenvalue weighted by Gasteiger charge is 2.32. The number of phenols is 1. The van der Waals surface area contributed by atoms with Crippen LogP contribution in [0.2, 0.25) is 0 Å². The lowest BCUT2D eigenvalue weighted by Gasteiger charge is -2.34. The number of hydrogen-bond acceptors (Lipinski definition) is 4. The van der Waals surface area contributed by atoms with E-state index >= 15 is 0 Å². The van der Waals surface area contributed by atoms with Crippen LogP contribution in [0.1, 0.15) is 70.7 Å². The van der Waals surface area contributed by atoms with Crippen LogP contribution in [0, 0.1) is 11.8 Å². The molecule has 0 aliphatic heterocycles. The van der Waals surface area contributed by atoms with Gasteiger partial charge in [0, 0.05) is 12.0 Å². The number of hydrogen-bond donors (Lipinski definition) is 1. The number of aromatic hydroxyl groups is 1. The first-order chi connectivity index (χ1) is 12.3. The Morgan fingerprint density at radius 3 is 2.23 bits per heavy atom. The lowest BCUT2D eigenvalue weighted by Crippen LogP contribution is -2.43. The smallest absolute Gasteiger partial charge is 0.340 e. The molecule has 0 spiro atoms. The topological polar surface area (TPSA) is 66.8 Å². The van der Waals surface area contributed by atoms with Crippen molar-refractivity contribution in [3.8, 4) is 5.75 Å². The average Bonchev–Trinajstić information content (AvgIpc) is 2.64. The van der Waals surface area contributed by atoms with E-state index in [-0.39, 0.29) is 29.2 Å². The normalized spacial score (nSPS) is 19.3. The zero-order valence-corrected chi connectivity index (χ0v) is 16.9. The Bertz CT molecular complexity index is 604. The maximum atomic E-state index is 13.1. The van der Waals surface area contributed by atoms with E-state index in [2.05, 4.69) is 6.92 Å². The number of esters is 1. The summed E-state index contributed by atoms with van der Waals surface area (Å²) in [5.74, 6) is 0.120. The molecule has 5 nitrogen and oxygen atoms in total. The lowest BCUT2D eigenvalue weighted by molar-refractivity contribution is -0.123. The van der Waals surface area contributed by atoms with E-state index in [0.29, 0.717) is 11.6 Å². The molecule has 0 radical (unpaired) electrons. The third kappa shape index (κ3) is 5.23. The molecule has 26 heavy (non-hydrogen) atoms.